The Morgan fingerprint density at radius 3 is 2.73 bits per heavy atom. The first kappa shape index (κ1) is 18.5. The Morgan fingerprint density at radius 2 is 2.09 bits per heavy atom. The maximum Gasteiger partial charge on any atom is 0.251 e. The van der Waals surface area contributed by atoms with Crippen molar-refractivity contribution in [3.8, 4) is 5.75 Å². The summed E-state index contributed by atoms with van der Waals surface area (Å²) in [6.07, 6.45) is 2.12. The van der Waals surface area contributed by atoms with Crippen LogP contribution in [-0.2, 0) is 16.1 Å². The molecule has 1 amide bonds. The van der Waals surface area contributed by atoms with Crippen LogP contribution in [0.2, 0.25) is 0 Å². The van der Waals surface area contributed by atoms with Gasteiger partial charge in [-0.25, -0.2) is 0 Å². The van der Waals surface area contributed by atoms with Gasteiger partial charge in [0.1, 0.15) is 5.75 Å². The number of methoxy groups -OCH3 is 2. The van der Waals surface area contributed by atoms with Crippen LogP contribution in [-0.4, -0.2) is 39.4 Å². The number of carbonyl (C=O) groups is 1. The summed E-state index contributed by atoms with van der Waals surface area (Å²) in [5, 5.41) is 2.89. The monoisotopic (exact) mass is 309 g/mol. The van der Waals surface area contributed by atoms with E-state index in [1.807, 2.05) is 13.0 Å². The van der Waals surface area contributed by atoms with Crippen LogP contribution in [0.1, 0.15) is 42.6 Å². The molecule has 1 N–H and O–H groups in total. The second-order valence-electron chi connectivity index (χ2n) is 5.26. The summed E-state index contributed by atoms with van der Waals surface area (Å²) < 4.78 is 16.0. The first-order valence-electron chi connectivity index (χ1n) is 7.66. The lowest BCUT2D eigenvalue weighted by molar-refractivity contribution is 0.0904. The van der Waals surface area contributed by atoms with Gasteiger partial charge in [0.2, 0.25) is 0 Å². The van der Waals surface area contributed by atoms with Crippen molar-refractivity contribution < 1.29 is 19.0 Å². The molecular formula is C17H27NO4. The molecule has 1 aromatic carbocycles. The van der Waals surface area contributed by atoms with Gasteiger partial charge < -0.3 is 19.5 Å². The van der Waals surface area contributed by atoms with Gasteiger partial charge in [-0.05, 0) is 31.5 Å². The maximum atomic E-state index is 12.2. The van der Waals surface area contributed by atoms with Gasteiger partial charge >= 0.3 is 0 Å². The topological polar surface area (TPSA) is 56.8 Å². The van der Waals surface area contributed by atoms with E-state index < -0.39 is 0 Å². The summed E-state index contributed by atoms with van der Waals surface area (Å²) in [5.74, 6) is 0.611. The number of ether oxygens (including phenoxy) is 3. The molecule has 0 radical (unpaired) electrons. The zero-order chi connectivity index (χ0) is 16.4. The third kappa shape index (κ3) is 6.03. The Balaban J connectivity index is 2.73. The van der Waals surface area contributed by atoms with Crippen molar-refractivity contribution in [2.24, 2.45) is 0 Å². The minimum absolute atomic E-state index is 0.0381. The summed E-state index contributed by atoms with van der Waals surface area (Å²) in [5.41, 5.74) is 1.48. The van der Waals surface area contributed by atoms with Crippen molar-refractivity contribution in [3.63, 3.8) is 0 Å². The highest BCUT2D eigenvalue weighted by Crippen LogP contribution is 2.21. The van der Waals surface area contributed by atoms with Crippen molar-refractivity contribution in [3.05, 3.63) is 29.3 Å². The molecule has 0 saturated carbocycles. The van der Waals surface area contributed by atoms with E-state index in [0.717, 1.165) is 24.2 Å². The van der Waals surface area contributed by atoms with Crippen molar-refractivity contribution in [2.45, 2.75) is 39.3 Å². The van der Waals surface area contributed by atoms with Gasteiger partial charge in [-0.15, -0.1) is 0 Å². The summed E-state index contributed by atoms with van der Waals surface area (Å²) >= 11 is 0. The second-order valence-corrected chi connectivity index (χ2v) is 5.26. The van der Waals surface area contributed by atoms with Gasteiger partial charge in [-0.1, -0.05) is 13.3 Å². The fourth-order valence-corrected chi connectivity index (χ4v) is 2.06. The Hall–Kier alpha value is -1.59. The lowest BCUT2D eigenvalue weighted by atomic mass is 10.1. The van der Waals surface area contributed by atoms with Crippen LogP contribution >= 0.6 is 0 Å². The average Bonchev–Trinajstić information content (AvgIpc) is 2.51. The summed E-state index contributed by atoms with van der Waals surface area (Å²) in [6, 6.07) is 5.33. The van der Waals surface area contributed by atoms with Gasteiger partial charge in [0.05, 0.1) is 20.3 Å². The van der Waals surface area contributed by atoms with Crippen molar-refractivity contribution in [1.82, 2.24) is 5.32 Å². The van der Waals surface area contributed by atoms with E-state index in [1.54, 1.807) is 26.4 Å². The normalized spacial score (nSPS) is 12.0. The SMILES string of the molecule is CCCCOCc1cc(C(=O)NC(C)COC)ccc1OC. The molecule has 0 heterocycles. The molecule has 1 unspecified atom stereocenters. The molecule has 0 bridgehead atoms. The minimum atomic E-state index is -0.123. The van der Waals surface area contributed by atoms with E-state index >= 15 is 0 Å². The molecule has 0 aliphatic heterocycles. The number of amides is 1. The van der Waals surface area contributed by atoms with Crippen molar-refractivity contribution >= 4 is 5.91 Å². The molecule has 0 aliphatic carbocycles. The summed E-state index contributed by atoms with van der Waals surface area (Å²) in [4.78, 5) is 12.2. The van der Waals surface area contributed by atoms with E-state index in [1.165, 1.54) is 0 Å². The second kappa shape index (κ2) is 10.2. The van der Waals surface area contributed by atoms with Crippen LogP contribution in [0.15, 0.2) is 18.2 Å². The van der Waals surface area contributed by atoms with E-state index in [4.69, 9.17) is 14.2 Å². The van der Waals surface area contributed by atoms with Crippen LogP contribution in [0, 0.1) is 0 Å². The van der Waals surface area contributed by atoms with Crippen LogP contribution in [0.3, 0.4) is 0 Å². The number of unbranched alkanes of at least 4 members (excludes halogenated alkanes) is 1. The molecular weight excluding hydrogens is 282 g/mol. The van der Waals surface area contributed by atoms with Gasteiger partial charge in [0, 0.05) is 30.9 Å². The van der Waals surface area contributed by atoms with Gasteiger partial charge in [-0.2, -0.15) is 0 Å². The summed E-state index contributed by atoms with van der Waals surface area (Å²) in [7, 11) is 3.23. The molecule has 0 fully saturated rings. The van der Waals surface area contributed by atoms with Crippen molar-refractivity contribution in [2.75, 3.05) is 27.4 Å². The maximum absolute atomic E-state index is 12.2. The average molecular weight is 309 g/mol. The zero-order valence-electron chi connectivity index (χ0n) is 14.0. The molecule has 5 nitrogen and oxygen atoms in total. The molecule has 0 saturated heterocycles. The molecule has 5 heteroatoms. The molecule has 0 aliphatic rings. The van der Waals surface area contributed by atoms with Crippen LogP contribution in [0.5, 0.6) is 5.75 Å². The fourth-order valence-electron chi connectivity index (χ4n) is 2.06. The van der Waals surface area contributed by atoms with E-state index in [2.05, 4.69) is 12.2 Å². The molecule has 22 heavy (non-hydrogen) atoms. The number of hydrogen-bond acceptors (Lipinski definition) is 4. The molecule has 124 valence electrons. The lowest BCUT2D eigenvalue weighted by Crippen LogP contribution is -2.35. The highest BCUT2D eigenvalue weighted by molar-refractivity contribution is 5.94. The third-order valence-electron chi connectivity index (χ3n) is 3.24. The standard InChI is InChI=1S/C17H27NO4/c1-5-6-9-22-12-15-10-14(7-8-16(15)21-4)17(19)18-13(2)11-20-3/h7-8,10,13H,5-6,9,11-12H2,1-4H3,(H,18,19). The van der Waals surface area contributed by atoms with Crippen LogP contribution in [0.25, 0.3) is 0 Å². The predicted molar refractivity (Wildman–Crippen MR) is 86.4 cm³/mol. The fraction of sp³-hybridized carbons (Fsp3) is 0.588. The molecule has 0 aromatic heterocycles. The third-order valence-corrected chi connectivity index (χ3v) is 3.24. The minimum Gasteiger partial charge on any atom is -0.496 e. The Kier molecular flexibility index (Phi) is 8.55. The van der Waals surface area contributed by atoms with E-state index in [0.29, 0.717) is 25.4 Å². The molecule has 1 atom stereocenters. The van der Waals surface area contributed by atoms with Crippen LogP contribution in [0.4, 0.5) is 0 Å². The first-order valence-corrected chi connectivity index (χ1v) is 7.66. The van der Waals surface area contributed by atoms with E-state index in [-0.39, 0.29) is 11.9 Å². The molecule has 1 rings (SSSR count). The van der Waals surface area contributed by atoms with Crippen molar-refractivity contribution in [1.29, 1.82) is 0 Å². The molecule has 0 spiro atoms. The molecule has 1 aromatic rings. The smallest absolute Gasteiger partial charge is 0.251 e. The number of hydrogen-bond donors (Lipinski definition) is 1. The zero-order valence-corrected chi connectivity index (χ0v) is 14.0. The van der Waals surface area contributed by atoms with Gasteiger partial charge in [-0.3, -0.25) is 4.79 Å². The van der Waals surface area contributed by atoms with E-state index in [9.17, 15) is 4.79 Å². The highest BCUT2D eigenvalue weighted by atomic mass is 16.5. The highest BCUT2D eigenvalue weighted by Gasteiger charge is 2.12. The van der Waals surface area contributed by atoms with Crippen LogP contribution < -0.4 is 10.1 Å². The Bertz CT molecular complexity index is 462. The number of rotatable bonds is 10. The van der Waals surface area contributed by atoms with Gasteiger partial charge in [0.25, 0.3) is 5.91 Å². The summed E-state index contributed by atoms with van der Waals surface area (Å²) in [6.45, 7) is 5.66. The quantitative estimate of drug-likeness (QED) is 0.675. The lowest BCUT2D eigenvalue weighted by Gasteiger charge is -2.14. The number of carbonyl (C=O) groups excluding carboxylic acids is 1. The number of nitrogens with one attached hydrogen (secondary N) is 1. The first-order chi connectivity index (χ1) is 10.6. The Morgan fingerprint density at radius 1 is 1.32 bits per heavy atom. The largest absolute Gasteiger partial charge is 0.496 e. The number of benzene rings is 1. The Labute approximate surface area is 132 Å². The van der Waals surface area contributed by atoms with Gasteiger partial charge in [0.15, 0.2) is 0 Å². The predicted octanol–water partition coefficient (Wildman–Crippen LogP) is 2.78.